The van der Waals surface area contributed by atoms with Crippen LogP contribution in [0.1, 0.15) is 32.3 Å². The summed E-state index contributed by atoms with van der Waals surface area (Å²) in [6.45, 7) is 5.97. The van der Waals surface area contributed by atoms with E-state index in [9.17, 15) is 0 Å². The smallest absolute Gasteiger partial charge is 0.106 e. The summed E-state index contributed by atoms with van der Waals surface area (Å²) < 4.78 is 5.94. The molecular formula is C19H30N3OP. The lowest BCUT2D eigenvalue weighted by Crippen LogP contribution is -2.44. The number of nitrogen functional groups attached to an aromatic ring is 1. The number of hydrogen-bond acceptors (Lipinski definition) is 4. The molecule has 0 saturated heterocycles. The molecule has 0 saturated carbocycles. The van der Waals surface area contributed by atoms with E-state index in [2.05, 4.69) is 67.4 Å². The molecule has 0 aliphatic carbocycles. The van der Waals surface area contributed by atoms with Gasteiger partial charge in [0, 0.05) is 32.0 Å². The summed E-state index contributed by atoms with van der Waals surface area (Å²) in [4.78, 5) is 2.32. The largest absolute Gasteiger partial charge is 0.399 e. The van der Waals surface area contributed by atoms with Crippen LogP contribution in [0.2, 0.25) is 0 Å². The maximum absolute atomic E-state index is 5.94. The molecule has 0 aromatic heterocycles. The lowest BCUT2D eigenvalue weighted by Gasteiger charge is -2.40. The minimum Gasteiger partial charge on any atom is -0.399 e. The molecule has 2 unspecified atom stereocenters. The highest BCUT2D eigenvalue weighted by molar-refractivity contribution is 7.49. The quantitative estimate of drug-likeness (QED) is 0.518. The lowest BCUT2D eigenvalue weighted by molar-refractivity contribution is 0.211. The van der Waals surface area contributed by atoms with Crippen molar-refractivity contribution >= 4 is 14.0 Å². The minimum absolute atomic E-state index is 0.107. The van der Waals surface area contributed by atoms with Crippen molar-refractivity contribution in [3.8, 4) is 0 Å². The fraction of sp³-hybridized carbons (Fsp3) is 0.474. The standard InChI is InChI=1S/C19H30N3OP/c1-4-19(12-6-7-15-22(19)3)13-14-21-24(23-5-2)16-17-8-10-18(20)11-9-17/h6-12,15,21H,4-5,13-14,16,20H2,1-3H3. The number of allylic oxidation sites excluding steroid dienone is 2. The SMILES string of the molecule is CCOP(Cc1ccc(N)cc1)NCCC1(CC)C=CC=CN1C. The molecule has 1 aliphatic rings. The van der Waals surface area contributed by atoms with Crippen LogP contribution in [0.3, 0.4) is 0 Å². The zero-order valence-corrected chi connectivity index (χ0v) is 15.9. The van der Waals surface area contributed by atoms with Crippen molar-refractivity contribution in [1.29, 1.82) is 0 Å². The Morgan fingerprint density at radius 1 is 1.21 bits per heavy atom. The average Bonchev–Trinajstić information content (AvgIpc) is 2.59. The summed E-state index contributed by atoms with van der Waals surface area (Å²) in [5.41, 5.74) is 7.94. The number of benzene rings is 1. The van der Waals surface area contributed by atoms with Crippen molar-refractivity contribution in [3.05, 3.63) is 54.3 Å². The molecule has 4 nitrogen and oxygen atoms in total. The van der Waals surface area contributed by atoms with Gasteiger partial charge in [0.1, 0.15) is 8.30 Å². The van der Waals surface area contributed by atoms with E-state index in [0.29, 0.717) is 0 Å². The molecule has 0 spiro atoms. The zero-order valence-electron chi connectivity index (χ0n) is 15.0. The highest BCUT2D eigenvalue weighted by Crippen LogP contribution is 2.37. The molecule has 2 rings (SSSR count). The summed E-state index contributed by atoms with van der Waals surface area (Å²) in [7, 11) is 1.49. The molecule has 0 fully saturated rings. The molecule has 2 atom stereocenters. The Morgan fingerprint density at radius 2 is 1.96 bits per heavy atom. The second-order valence-electron chi connectivity index (χ2n) is 6.12. The Balaban J connectivity index is 1.90. The van der Waals surface area contributed by atoms with Gasteiger partial charge in [-0.1, -0.05) is 31.2 Å². The predicted octanol–water partition coefficient (Wildman–Crippen LogP) is 4.26. The van der Waals surface area contributed by atoms with Crippen molar-refractivity contribution in [1.82, 2.24) is 9.99 Å². The van der Waals surface area contributed by atoms with Gasteiger partial charge in [-0.3, -0.25) is 5.09 Å². The third-order valence-corrected chi connectivity index (χ3v) is 6.38. The van der Waals surface area contributed by atoms with E-state index in [4.69, 9.17) is 10.3 Å². The normalized spacial score (nSPS) is 21.2. The maximum Gasteiger partial charge on any atom is 0.106 e. The number of anilines is 1. The molecule has 0 amide bonds. The van der Waals surface area contributed by atoms with E-state index in [0.717, 1.165) is 37.8 Å². The molecule has 5 heteroatoms. The van der Waals surface area contributed by atoms with E-state index in [-0.39, 0.29) is 5.54 Å². The summed E-state index contributed by atoms with van der Waals surface area (Å²) in [6.07, 6.45) is 11.8. The third-order valence-electron chi connectivity index (χ3n) is 4.58. The van der Waals surface area contributed by atoms with Crippen LogP contribution < -0.4 is 10.8 Å². The summed E-state index contributed by atoms with van der Waals surface area (Å²) >= 11 is 0. The first-order chi connectivity index (χ1) is 11.6. The molecule has 1 aromatic carbocycles. The van der Waals surface area contributed by atoms with Gasteiger partial charge in [-0.25, -0.2) is 0 Å². The highest BCUT2D eigenvalue weighted by Gasteiger charge is 2.29. The minimum atomic E-state index is -0.667. The van der Waals surface area contributed by atoms with Crippen molar-refractivity contribution in [2.45, 2.75) is 38.4 Å². The van der Waals surface area contributed by atoms with Gasteiger partial charge in [-0.05, 0) is 49.7 Å². The van der Waals surface area contributed by atoms with Crippen LogP contribution in [0.4, 0.5) is 5.69 Å². The first-order valence-electron chi connectivity index (χ1n) is 8.67. The molecule has 0 bridgehead atoms. The van der Waals surface area contributed by atoms with Gasteiger partial charge in [-0.2, -0.15) is 0 Å². The fourth-order valence-corrected chi connectivity index (χ4v) is 4.48. The number of nitrogens with zero attached hydrogens (tertiary/aromatic N) is 1. The Kier molecular flexibility index (Phi) is 7.29. The number of hydrogen-bond donors (Lipinski definition) is 2. The molecule has 24 heavy (non-hydrogen) atoms. The van der Waals surface area contributed by atoms with Gasteiger partial charge in [0.2, 0.25) is 0 Å². The fourth-order valence-electron chi connectivity index (χ4n) is 2.97. The van der Waals surface area contributed by atoms with E-state index in [1.54, 1.807) is 0 Å². The molecule has 3 N–H and O–H groups in total. The Morgan fingerprint density at radius 3 is 2.58 bits per heavy atom. The van der Waals surface area contributed by atoms with Gasteiger partial charge < -0.3 is 15.2 Å². The number of rotatable bonds is 9. The van der Waals surface area contributed by atoms with Gasteiger partial charge >= 0.3 is 0 Å². The zero-order chi connectivity index (χ0) is 17.4. The summed E-state index contributed by atoms with van der Waals surface area (Å²) in [5, 5.41) is 3.64. The number of likely N-dealkylation sites (N-methyl/N-ethyl adjacent to an activating group) is 1. The van der Waals surface area contributed by atoms with Crippen LogP contribution in [-0.4, -0.2) is 30.6 Å². The topological polar surface area (TPSA) is 50.5 Å². The Hall–Kier alpha value is -1.35. The molecule has 1 aromatic rings. The van der Waals surface area contributed by atoms with E-state index in [1.807, 2.05) is 12.1 Å². The third kappa shape index (κ3) is 5.07. The molecule has 1 heterocycles. The molecular weight excluding hydrogens is 317 g/mol. The molecule has 132 valence electrons. The van der Waals surface area contributed by atoms with Crippen molar-refractivity contribution in [3.63, 3.8) is 0 Å². The van der Waals surface area contributed by atoms with E-state index >= 15 is 0 Å². The van der Waals surface area contributed by atoms with E-state index in [1.165, 1.54) is 5.56 Å². The lowest BCUT2D eigenvalue weighted by atomic mass is 9.88. The van der Waals surface area contributed by atoms with Gasteiger partial charge in [0.05, 0.1) is 5.54 Å². The Bertz CT molecular complexity index is 558. The van der Waals surface area contributed by atoms with Crippen molar-refractivity contribution in [2.75, 3.05) is 25.9 Å². The first kappa shape index (κ1) is 19.0. The highest BCUT2D eigenvalue weighted by atomic mass is 31.2. The van der Waals surface area contributed by atoms with Crippen LogP contribution >= 0.6 is 8.30 Å². The van der Waals surface area contributed by atoms with Gasteiger partial charge in [0.25, 0.3) is 0 Å². The van der Waals surface area contributed by atoms with Crippen molar-refractivity contribution in [2.24, 2.45) is 0 Å². The van der Waals surface area contributed by atoms with Crippen LogP contribution in [-0.2, 0) is 10.7 Å². The van der Waals surface area contributed by atoms with Gasteiger partial charge in [-0.15, -0.1) is 0 Å². The van der Waals surface area contributed by atoms with Crippen LogP contribution in [0, 0.1) is 0 Å². The summed E-state index contributed by atoms with van der Waals surface area (Å²) in [5.74, 6) is 0. The summed E-state index contributed by atoms with van der Waals surface area (Å²) in [6, 6.07) is 8.08. The maximum atomic E-state index is 5.94. The predicted molar refractivity (Wildman–Crippen MR) is 105 cm³/mol. The second-order valence-corrected chi connectivity index (χ2v) is 7.77. The first-order valence-corrected chi connectivity index (χ1v) is 10.1. The monoisotopic (exact) mass is 347 g/mol. The second kappa shape index (κ2) is 9.22. The van der Waals surface area contributed by atoms with Crippen LogP contribution in [0.25, 0.3) is 0 Å². The van der Waals surface area contributed by atoms with Gasteiger partial charge in [0.15, 0.2) is 0 Å². The average molecular weight is 347 g/mol. The van der Waals surface area contributed by atoms with Crippen molar-refractivity contribution < 1.29 is 4.52 Å². The van der Waals surface area contributed by atoms with Crippen LogP contribution in [0.5, 0.6) is 0 Å². The Labute approximate surface area is 147 Å². The molecule has 0 radical (unpaired) electrons. The van der Waals surface area contributed by atoms with Crippen LogP contribution in [0.15, 0.2) is 48.7 Å². The van der Waals surface area contributed by atoms with E-state index < -0.39 is 8.30 Å². The number of nitrogens with two attached hydrogens (primary N) is 1. The molecule has 1 aliphatic heterocycles. The number of nitrogens with one attached hydrogen (secondary N) is 1.